The Kier molecular flexibility index (Phi) is 3.70. The summed E-state index contributed by atoms with van der Waals surface area (Å²) in [5, 5.41) is 0. The second kappa shape index (κ2) is 4.80. The van der Waals surface area contributed by atoms with Crippen LogP contribution in [-0.4, -0.2) is 0 Å². The van der Waals surface area contributed by atoms with Gasteiger partial charge in [0, 0.05) is 0 Å². The van der Waals surface area contributed by atoms with Gasteiger partial charge in [0.1, 0.15) is 0 Å². The van der Waals surface area contributed by atoms with Crippen LogP contribution in [0.4, 0.5) is 0 Å². The third-order valence-electron chi connectivity index (χ3n) is 2.33. The molecule has 1 aromatic carbocycles. The lowest BCUT2D eigenvalue weighted by Gasteiger charge is -2.09. The van der Waals surface area contributed by atoms with Crippen molar-refractivity contribution >= 4 is 5.57 Å². The quantitative estimate of drug-likeness (QED) is 0.615. The van der Waals surface area contributed by atoms with Crippen LogP contribution in [0, 0.1) is 6.92 Å². The molecule has 0 aliphatic rings. The molecule has 0 amide bonds. The molecule has 0 saturated heterocycles. The van der Waals surface area contributed by atoms with E-state index in [2.05, 4.69) is 57.7 Å². The first-order valence-corrected chi connectivity index (χ1v) is 5.00. The zero-order chi connectivity index (χ0) is 10.6. The van der Waals surface area contributed by atoms with Gasteiger partial charge in [-0.3, -0.25) is 0 Å². The molecule has 0 bridgehead atoms. The fraction of sp³-hybridized carbons (Fsp3) is 0.286. The monoisotopic (exact) mass is 186 g/mol. The van der Waals surface area contributed by atoms with E-state index in [9.17, 15) is 0 Å². The Labute approximate surface area is 87.0 Å². The van der Waals surface area contributed by atoms with Gasteiger partial charge in [-0.25, -0.2) is 0 Å². The first kappa shape index (κ1) is 10.8. The van der Waals surface area contributed by atoms with E-state index >= 15 is 0 Å². The number of aryl methyl sites for hydroxylation is 1. The van der Waals surface area contributed by atoms with Crippen molar-refractivity contribution in [1.82, 2.24) is 0 Å². The van der Waals surface area contributed by atoms with Gasteiger partial charge >= 0.3 is 0 Å². The van der Waals surface area contributed by atoms with Gasteiger partial charge in [-0.15, -0.1) is 0 Å². The van der Waals surface area contributed by atoms with Crippen molar-refractivity contribution < 1.29 is 0 Å². The Bertz CT molecular complexity index is 356. The average molecular weight is 186 g/mol. The zero-order valence-corrected chi connectivity index (χ0v) is 9.30. The van der Waals surface area contributed by atoms with Crippen molar-refractivity contribution in [3.8, 4) is 0 Å². The Morgan fingerprint density at radius 2 is 2.00 bits per heavy atom. The predicted molar refractivity (Wildman–Crippen MR) is 64.3 cm³/mol. The number of hydrogen-bond donors (Lipinski definition) is 0. The van der Waals surface area contributed by atoms with Crippen molar-refractivity contribution in [2.75, 3.05) is 0 Å². The molecule has 0 spiro atoms. The fourth-order valence-electron chi connectivity index (χ4n) is 1.61. The highest BCUT2D eigenvalue weighted by Gasteiger charge is 2.02. The van der Waals surface area contributed by atoms with Crippen LogP contribution in [0.2, 0.25) is 0 Å². The number of hydrogen-bond acceptors (Lipinski definition) is 0. The van der Waals surface area contributed by atoms with Gasteiger partial charge in [0.05, 0.1) is 0 Å². The number of allylic oxidation sites excluding steroid dienone is 3. The molecule has 0 nitrogen and oxygen atoms in total. The maximum atomic E-state index is 3.96. The van der Waals surface area contributed by atoms with Crippen LogP contribution in [0.25, 0.3) is 5.57 Å². The van der Waals surface area contributed by atoms with Gasteiger partial charge in [-0.05, 0) is 43.9 Å². The minimum absolute atomic E-state index is 0.974. The highest BCUT2D eigenvalue weighted by molar-refractivity contribution is 5.69. The summed E-state index contributed by atoms with van der Waals surface area (Å²) in [5.41, 5.74) is 5.26. The summed E-state index contributed by atoms with van der Waals surface area (Å²) in [6, 6.07) is 8.49. The van der Waals surface area contributed by atoms with Crippen molar-refractivity contribution in [2.24, 2.45) is 0 Å². The number of benzene rings is 1. The van der Waals surface area contributed by atoms with Gasteiger partial charge in [0.2, 0.25) is 0 Å². The highest BCUT2D eigenvalue weighted by Crippen LogP contribution is 2.24. The Morgan fingerprint density at radius 3 is 2.50 bits per heavy atom. The maximum Gasteiger partial charge on any atom is -0.00698 e. The SMILES string of the molecule is C=C(C)C/C(=C/C)c1ccccc1C. The molecular weight excluding hydrogens is 168 g/mol. The average Bonchev–Trinajstić information content (AvgIpc) is 2.15. The van der Waals surface area contributed by atoms with Gasteiger partial charge < -0.3 is 0 Å². The molecule has 0 N–H and O–H groups in total. The minimum atomic E-state index is 0.974. The number of rotatable bonds is 3. The maximum absolute atomic E-state index is 3.96. The molecule has 0 unspecified atom stereocenters. The topological polar surface area (TPSA) is 0 Å². The molecule has 14 heavy (non-hydrogen) atoms. The van der Waals surface area contributed by atoms with Crippen LogP contribution in [0.3, 0.4) is 0 Å². The third kappa shape index (κ3) is 2.59. The lowest BCUT2D eigenvalue weighted by Crippen LogP contribution is -1.89. The molecule has 0 atom stereocenters. The normalized spacial score (nSPS) is 11.5. The molecular formula is C14H18. The van der Waals surface area contributed by atoms with Crippen LogP contribution in [0.5, 0.6) is 0 Å². The van der Waals surface area contributed by atoms with Crippen LogP contribution in [0.15, 0.2) is 42.5 Å². The van der Waals surface area contributed by atoms with E-state index < -0.39 is 0 Å². The van der Waals surface area contributed by atoms with Gasteiger partial charge in [0.15, 0.2) is 0 Å². The van der Waals surface area contributed by atoms with Crippen molar-refractivity contribution in [1.29, 1.82) is 0 Å². The molecule has 0 heteroatoms. The van der Waals surface area contributed by atoms with Crippen LogP contribution in [0.1, 0.15) is 31.4 Å². The Balaban J connectivity index is 3.02. The van der Waals surface area contributed by atoms with Crippen molar-refractivity contribution in [3.63, 3.8) is 0 Å². The Morgan fingerprint density at radius 1 is 1.36 bits per heavy atom. The molecule has 1 rings (SSSR count). The van der Waals surface area contributed by atoms with E-state index in [-0.39, 0.29) is 0 Å². The van der Waals surface area contributed by atoms with E-state index in [1.54, 1.807) is 0 Å². The summed E-state index contributed by atoms with van der Waals surface area (Å²) in [4.78, 5) is 0. The molecule has 0 radical (unpaired) electrons. The van der Waals surface area contributed by atoms with Crippen molar-refractivity contribution in [3.05, 3.63) is 53.6 Å². The van der Waals surface area contributed by atoms with Crippen LogP contribution < -0.4 is 0 Å². The minimum Gasteiger partial charge on any atom is -0.0998 e. The van der Waals surface area contributed by atoms with E-state index in [1.165, 1.54) is 22.3 Å². The smallest absolute Gasteiger partial charge is 0.00698 e. The van der Waals surface area contributed by atoms with E-state index in [1.807, 2.05) is 0 Å². The van der Waals surface area contributed by atoms with Crippen LogP contribution in [-0.2, 0) is 0 Å². The summed E-state index contributed by atoms with van der Waals surface area (Å²) in [7, 11) is 0. The van der Waals surface area contributed by atoms with E-state index in [0.717, 1.165) is 6.42 Å². The van der Waals surface area contributed by atoms with Gasteiger partial charge in [-0.2, -0.15) is 0 Å². The van der Waals surface area contributed by atoms with Gasteiger partial charge in [0.25, 0.3) is 0 Å². The largest absolute Gasteiger partial charge is 0.0998 e. The summed E-state index contributed by atoms with van der Waals surface area (Å²) in [5.74, 6) is 0. The highest BCUT2D eigenvalue weighted by atomic mass is 14.1. The lowest BCUT2D eigenvalue weighted by atomic mass is 9.96. The summed E-state index contributed by atoms with van der Waals surface area (Å²) >= 11 is 0. The molecule has 0 fully saturated rings. The molecule has 0 saturated carbocycles. The summed E-state index contributed by atoms with van der Waals surface area (Å²) < 4.78 is 0. The molecule has 74 valence electrons. The lowest BCUT2D eigenvalue weighted by molar-refractivity contribution is 1.22. The first-order chi connectivity index (χ1) is 6.65. The van der Waals surface area contributed by atoms with Gasteiger partial charge in [-0.1, -0.05) is 42.5 Å². The van der Waals surface area contributed by atoms with E-state index in [0.29, 0.717) is 0 Å². The summed E-state index contributed by atoms with van der Waals surface area (Å²) in [6.45, 7) is 10.3. The molecule has 0 aromatic heterocycles. The Hall–Kier alpha value is -1.30. The molecule has 0 aliphatic carbocycles. The molecule has 0 heterocycles. The predicted octanol–water partition coefficient (Wildman–Crippen LogP) is 4.36. The molecule has 0 aliphatic heterocycles. The standard InChI is InChI=1S/C14H18/c1-5-13(10-11(2)3)14-9-7-6-8-12(14)4/h5-9H,2,10H2,1,3-4H3/b13-5-. The van der Waals surface area contributed by atoms with Crippen molar-refractivity contribution in [2.45, 2.75) is 27.2 Å². The van der Waals surface area contributed by atoms with Crippen LogP contribution >= 0.6 is 0 Å². The third-order valence-corrected chi connectivity index (χ3v) is 2.33. The zero-order valence-electron chi connectivity index (χ0n) is 9.30. The fourth-order valence-corrected chi connectivity index (χ4v) is 1.61. The molecule has 1 aromatic rings. The second-order valence-corrected chi connectivity index (χ2v) is 3.76. The summed E-state index contributed by atoms with van der Waals surface area (Å²) in [6.07, 6.45) is 3.15. The first-order valence-electron chi connectivity index (χ1n) is 5.00. The second-order valence-electron chi connectivity index (χ2n) is 3.76. The van der Waals surface area contributed by atoms with E-state index in [4.69, 9.17) is 0 Å².